The molecule has 8 heteroatoms. The van der Waals surface area contributed by atoms with Gasteiger partial charge >= 0.3 is 0 Å². The van der Waals surface area contributed by atoms with Crippen LogP contribution in [0.25, 0.3) is 11.0 Å². The van der Waals surface area contributed by atoms with Gasteiger partial charge in [-0.1, -0.05) is 36.0 Å². The topological polar surface area (TPSA) is 63.1 Å². The van der Waals surface area contributed by atoms with E-state index in [1.807, 2.05) is 55.4 Å². The van der Waals surface area contributed by atoms with Crippen LogP contribution < -0.4 is 5.32 Å². The summed E-state index contributed by atoms with van der Waals surface area (Å²) in [6.07, 6.45) is 3.51. The predicted molar refractivity (Wildman–Crippen MR) is 130 cm³/mol. The summed E-state index contributed by atoms with van der Waals surface area (Å²) in [5, 5.41) is 3.77. The number of hydrogen-bond acceptors (Lipinski definition) is 5. The number of rotatable bonds is 9. The van der Waals surface area contributed by atoms with Crippen molar-refractivity contribution in [2.45, 2.75) is 17.5 Å². The molecule has 1 amide bonds. The maximum Gasteiger partial charge on any atom is 0.251 e. The van der Waals surface area contributed by atoms with Gasteiger partial charge in [0.15, 0.2) is 5.16 Å². The molecule has 0 spiro atoms. The average Bonchev–Trinajstić information content (AvgIpc) is 3.15. The molecule has 2 aromatic carbocycles. The van der Waals surface area contributed by atoms with Crippen molar-refractivity contribution in [3.63, 3.8) is 0 Å². The highest BCUT2D eigenvalue weighted by Crippen LogP contribution is 2.27. The number of carbonyl (C=O) groups excluding carboxylic acids is 1. The summed E-state index contributed by atoms with van der Waals surface area (Å²) in [6, 6.07) is 16.1. The van der Waals surface area contributed by atoms with E-state index in [1.54, 1.807) is 36.3 Å². The van der Waals surface area contributed by atoms with Gasteiger partial charge in [-0.05, 0) is 55.6 Å². The van der Waals surface area contributed by atoms with Gasteiger partial charge in [-0.2, -0.15) is 0 Å². The maximum atomic E-state index is 13.7. The number of hydrogen-bond donors (Lipinski definition) is 1. The largest absolute Gasteiger partial charge is 0.351 e. The number of nitrogens with zero attached hydrogens (tertiary/aromatic N) is 4. The standard InChI is InChI=1S/C25H26FN5OS/c1-30(2)13-12-28-24(32)20-8-6-18(7-9-20)17-33-25-29-22-10-11-27-15-23(22)31(25)16-19-4-3-5-21(26)14-19/h3-11,14-15H,12-13,16-17H2,1-2H3,(H,28,32). The van der Waals surface area contributed by atoms with Crippen LogP contribution in [0.2, 0.25) is 0 Å². The van der Waals surface area contributed by atoms with Gasteiger partial charge in [-0.15, -0.1) is 0 Å². The van der Waals surface area contributed by atoms with E-state index in [-0.39, 0.29) is 11.7 Å². The Morgan fingerprint density at radius 1 is 1.12 bits per heavy atom. The third-order valence-electron chi connectivity index (χ3n) is 5.17. The number of thioether (sulfide) groups is 1. The van der Waals surface area contributed by atoms with E-state index in [2.05, 4.69) is 14.9 Å². The van der Waals surface area contributed by atoms with Crippen molar-refractivity contribution in [3.05, 3.63) is 89.5 Å². The molecule has 0 fully saturated rings. The van der Waals surface area contributed by atoms with Crippen LogP contribution in [0.15, 0.2) is 72.1 Å². The van der Waals surface area contributed by atoms with Crippen LogP contribution in [0.5, 0.6) is 0 Å². The van der Waals surface area contributed by atoms with Crippen molar-refractivity contribution in [2.75, 3.05) is 27.2 Å². The van der Waals surface area contributed by atoms with Crippen molar-refractivity contribution in [3.8, 4) is 0 Å². The lowest BCUT2D eigenvalue weighted by atomic mass is 10.1. The predicted octanol–water partition coefficient (Wildman–Crippen LogP) is 4.20. The summed E-state index contributed by atoms with van der Waals surface area (Å²) in [6.45, 7) is 1.92. The Labute approximate surface area is 196 Å². The molecule has 2 aromatic heterocycles. The van der Waals surface area contributed by atoms with E-state index in [4.69, 9.17) is 4.98 Å². The Kier molecular flexibility index (Phi) is 7.36. The molecule has 0 bridgehead atoms. The Balaban J connectivity index is 1.46. The number of carbonyl (C=O) groups is 1. The third-order valence-corrected chi connectivity index (χ3v) is 6.22. The zero-order chi connectivity index (χ0) is 23.2. The molecule has 33 heavy (non-hydrogen) atoms. The number of likely N-dealkylation sites (N-methyl/N-ethyl adjacent to an activating group) is 1. The average molecular weight is 464 g/mol. The fourth-order valence-electron chi connectivity index (χ4n) is 3.42. The van der Waals surface area contributed by atoms with Gasteiger partial charge < -0.3 is 14.8 Å². The second-order valence-corrected chi connectivity index (χ2v) is 8.96. The molecule has 0 radical (unpaired) electrons. The van der Waals surface area contributed by atoms with Crippen LogP contribution >= 0.6 is 11.8 Å². The highest BCUT2D eigenvalue weighted by atomic mass is 32.2. The first-order valence-electron chi connectivity index (χ1n) is 10.7. The molecule has 6 nitrogen and oxygen atoms in total. The van der Waals surface area contributed by atoms with Gasteiger partial charge in [0.05, 0.1) is 23.8 Å². The Bertz CT molecular complexity index is 1240. The van der Waals surface area contributed by atoms with Crippen LogP contribution in [-0.2, 0) is 12.3 Å². The molecular weight excluding hydrogens is 437 g/mol. The fraction of sp³-hybridized carbons (Fsp3) is 0.240. The molecule has 0 saturated carbocycles. The summed E-state index contributed by atoms with van der Waals surface area (Å²) in [5.74, 6) is 0.373. The molecule has 0 atom stereocenters. The summed E-state index contributed by atoms with van der Waals surface area (Å²) in [7, 11) is 3.95. The van der Waals surface area contributed by atoms with E-state index in [0.717, 1.165) is 33.9 Å². The second-order valence-electron chi connectivity index (χ2n) is 8.02. The molecule has 4 rings (SSSR count). The summed E-state index contributed by atoms with van der Waals surface area (Å²) in [4.78, 5) is 23.3. The molecule has 0 unspecified atom stereocenters. The van der Waals surface area contributed by atoms with Crippen molar-refractivity contribution >= 4 is 28.7 Å². The first-order chi connectivity index (χ1) is 16.0. The number of pyridine rings is 1. The number of amides is 1. The minimum atomic E-state index is -0.255. The molecule has 2 heterocycles. The van der Waals surface area contributed by atoms with Crippen LogP contribution in [0.1, 0.15) is 21.5 Å². The molecule has 1 N–H and O–H groups in total. The first-order valence-corrected chi connectivity index (χ1v) is 11.7. The third kappa shape index (κ3) is 5.97. The molecule has 0 aliphatic carbocycles. The fourth-order valence-corrected chi connectivity index (χ4v) is 4.39. The van der Waals surface area contributed by atoms with Gasteiger partial charge in [-0.3, -0.25) is 9.78 Å². The van der Waals surface area contributed by atoms with E-state index in [0.29, 0.717) is 24.4 Å². The lowest BCUT2D eigenvalue weighted by Gasteiger charge is -2.11. The summed E-state index contributed by atoms with van der Waals surface area (Å²) in [5.41, 5.74) is 4.37. The van der Waals surface area contributed by atoms with Gasteiger partial charge in [0.25, 0.3) is 5.91 Å². The Morgan fingerprint density at radius 2 is 1.94 bits per heavy atom. The van der Waals surface area contributed by atoms with E-state index in [1.165, 1.54) is 6.07 Å². The van der Waals surface area contributed by atoms with Crippen molar-refractivity contribution < 1.29 is 9.18 Å². The van der Waals surface area contributed by atoms with Crippen LogP contribution in [0.3, 0.4) is 0 Å². The normalized spacial score (nSPS) is 11.3. The van der Waals surface area contributed by atoms with Gasteiger partial charge in [0.2, 0.25) is 0 Å². The van der Waals surface area contributed by atoms with Crippen molar-refractivity contribution in [1.82, 2.24) is 24.8 Å². The van der Waals surface area contributed by atoms with Crippen molar-refractivity contribution in [2.24, 2.45) is 0 Å². The highest BCUT2D eigenvalue weighted by molar-refractivity contribution is 7.98. The van der Waals surface area contributed by atoms with E-state index < -0.39 is 0 Å². The van der Waals surface area contributed by atoms with Crippen LogP contribution in [-0.4, -0.2) is 52.5 Å². The Hall–Kier alpha value is -3.23. The summed E-state index contributed by atoms with van der Waals surface area (Å²) < 4.78 is 15.8. The number of imidazole rings is 1. The van der Waals surface area contributed by atoms with Crippen molar-refractivity contribution in [1.29, 1.82) is 0 Å². The number of aromatic nitrogens is 3. The highest BCUT2D eigenvalue weighted by Gasteiger charge is 2.13. The molecule has 170 valence electrons. The van der Waals surface area contributed by atoms with Gasteiger partial charge in [-0.25, -0.2) is 9.37 Å². The molecular formula is C25H26FN5OS. The van der Waals surface area contributed by atoms with E-state index >= 15 is 0 Å². The van der Waals surface area contributed by atoms with Crippen LogP contribution in [0, 0.1) is 5.82 Å². The first kappa shape index (κ1) is 22.9. The van der Waals surface area contributed by atoms with Gasteiger partial charge in [0, 0.05) is 30.6 Å². The summed E-state index contributed by atoms with van der Waals surface area (Å²) >= 11 is 1.60. The van der Waals surface area contributed by atoms with E-state index in [9.17, 15) is 9.18 Å². The maximum absolute atomic E-state index is 13.7. The number of fused-ring (bicyclic) bond motifs is 1. The lowest BCUT2D eigenvalue weighted by Crippen LogP contribution is -2.31. The Morgan fingerprint density at radius 3 is 2.70 bits per heavy atom. The second kappa shape index (κ2) is 10.6. The number of nitrogens with one attached hydrogen (secondary N) is 1. The minimum Gasteiger partial charge on any atom is -0.351 e. The molecule has 0 saturated heterocycles. The zero-order valence-electron chi connectivity index (χ0n) is 18.7. The van der Waals surface area contributed by atoms with Gasteiger partial charge in [0.1, 0.15) is 5.82 Å². The molecule has 4 aromatic rings. The molecule has 0 aliphatic rings. The SMILES string of the molecule is CN(C)CCNC(=O)c1ccc(CSc2nc3ccncc3n2Cc2cccc(F)c2)cc1. The smallest absolute Gasteiger partial charge is 0.251 e. The molecule has 0 aliphatic heterocycles. The number of benzene rings is 2. The van der Waals surface area contributed by atoms with Crippen LogP contribution in [0.4, 0.5) is 4.39 Å². The minimum absolute atomic E-state index is 0.0690. The zero-order valence-corrected chi connectivity index (χ0v) is 19.5. The number of halogens is 1. The lowest BCUT2D eigenvalue weighted by molar-refractivity contribution is 0.0951. The monoisotopic (exact) mass is 463 g/mol. The quantitative estimate of drug-likeness (QED) is 0.377.